The quantitative estimate of drug-likeness (QED) is 0.105. The van der Waals surface area contributed by atoms with E-state index in [9.17, 15) is 0 Å². The number of hydrogen-bond donors (Lipinski definition) is 0. The topological polar surface area (TPSA) is 6.48 Å². The van der Waals surface area contributed by atoms with Crippen LogP contribution in [-0.4, -0.2) is 0 Å². The molecule has 0 fully saturated rings. The standard InChI is InChI=1S/C69H56N2/c1-46(2)47-28-33-57(34-29-47)71(58-35-31-54(32-36-58)69(3,4)5)60-38-41-63-66(45-60)68(53-30-39-62-51(43-53)26-25-49-17-14-15-23-61(49)62)64-40-37-59(70(55-19-8-6-9-20-55)56-21-10-7-11-22-56)44-65(64)67(63)52-27-24-48-16-12-13-18-50(48)42-52/h6-46H,1-5H3. The average molecular weight is 913 g/mol. The molecule has 0 bridgehead atoms. The highest BCUT2D eigenvalue weighted by Gasteiger charge is 2.23. The molecular formula is C69H56N2. The number of para-hydroxylation sites is 2. The summed E-state index contributed by atoms with van der Waals surface area (Å²) < 4.78 is 0. The van der Waals surface area contributed by atoms with Gasteiger partial charge in [0, 0.05) is 34.1 Å². The normalized spacial score (nSPS) is 11.9. The Labute approximate surface area is 417 Å². The zero-order chi connectivity index (χ0) is 48.2. The van der Waals surface area contributed by atoms with Crippen molar-refractivity contribution in [3.63, 3.8) is 0 Å². The van der Waals surface area contributed by atoms with Gasteiger partial charge in [0.05, 0.1) is 0 Å². The van der Waals surface area contributed by atoms with Gasteiger partial charge in [-0.2, -0.15) is 0 Å². The molecule has 0 atom stereocenters. The monoisotopic (exact) mass is 912 g/mol. The number of hydrogen-bond acceptors (Lipinski definition) is 2. The second kappa shape index (κ2) is 17.8. The Balaban J connectivity index is 1.19. The Morgan fingerprint density at radius 2 is 0.704 bits per heavy atom. The Morgan fingerprint density at radius 3 is 1.27 bits per heavy atom. The fourth-order valence-corrected chi connectivity index (χ4v) is 10.8. The molecule has 0 heterocycles. The second-order valence-corrected chi connectivity index (χ2v) is 20.4. The summed E-state index contributed by atoms with van der Waals surface area (Å²) in [5.74, 6) is 0.432. The molecule has 12 aromatic rings. The van der Waals surface area contributed by atoms with Crippen LogP contribution in [0, 0.1) is 0 Å². The van der Waals surface area contributed by atoms with Crippen LogP contribution in [0.1, 0.15) is 51.7 Å². The number of nitrogens with zero attached hydrogens (tertiary/aromatic N) is 2. The van der Waals surface area contributed by atoms with E-state index >= 15 is 0 Å². The van der Waals surface area contributed by atoms with Crippen LogP contribution < -0.4 is 9.80 Å². The van der Waals surface area contributed by atoms with Gasteiger partial charge in [0.25, 0.3) is 0 Å². The van der Waals surface area contributed by atoms with Crippen LogP contribution in [0.3, 0.4) is 0 Å². The largest absolute Gasteiger partial charge is 0.310 e. The molecule has 12 rings (SSSR count). The van der Waals surface area contributed by atoms with Crippen LogP contribution in [0.4, 0.5) is 34.1 Å². The predicted octanol–water partition coefficient (Wildman–Crippen LogP) is 20.1. The molecule has 71 heavy (non-hydrogen) atoms. The third kappa shape index (κ3) is 8.06. The molecule has 0 aliphatic heterocycles. The van der Waals surface area contributed by atoms with Crippen molar-refractivity contribution in [2.24, 2.45) is 0 Å². The third-order valence-electron chi connectivity index (χ3n) is 14.5. The van der Waals surface area contributed by atoms with E-state index in [0.717, 1.165) is 34.1 Å². The molecule has 0 aliphatic carbocycles. The third-order valence-corrected chi connectivity index (χ3v) is 14.5. The summed E-state index contributed by atoms with van der Waals surface area (Å²) in [7, 11) is 0. The van der Waals surface area contributed by atoms with E-state index < -0.39 is 0 Å². The number of rotatable bonds is 9. The lowest BCUT2D eigenvalue weighted by Gasteiger charge is -2.29. The molecule has 0 spiro atoms. The Morgan fingerprint density at radius 1 is 0.296 bits per heavy atom. The minimum atomic E-state index is 0.0333. The summed E-state index contributed by atoms with van der Waals surface area (Å²) in [4.78, 5) is 4.82. The van der Waals surface area contributed by atoms with Crippen molar-refractivity contribution in [2.45, 2.75) is 46.0 Å². The van der Waals surface area contributed by atoms with E-state index in [1.54, 1.807) is 0 Å². The van der Waals surface area contributed by atoms with Gasteiger partial charge < -0.3 is 9.80 Å². The van der Waals surface area contributed by atoms with Crippen LogP contribution >= 0.6 is 0 Å². The van der Waals surface area contributed by atoms with Crippen LogP contribution in [0.25, 0.3) is 76.1 Å². The zero-order valence-corrected chi connectivity index (χ0v) is 41.1. The summed E-state index contributed by atoms with van der Waals surface area (Å²) in [6.45, 7) is 11.4. The summed E-state index contributed by atoms with van der Waals surface area (Å²) in [5.41, 5.74) is 14.1. The average Bonchev–Trinajstić information content (AvgIpc) is 3.40. The Hall–Kier alpha value is -8.46. The molecule has 342 valence electrons. The predicted molar refractivity (Wildman–Crippen MR) is 307 cm³/mol. The summed E-state index contributed by atoms with van der Waals surface area (Å²) in [5, 5.41) is 12.2. The van der Waals surface area contributed by atoms with Crippen molar-refractivity contribution in [3.05, 3.63) is 254 Å². The summed E-state index contributed by atoms with van der Waals surface area (Å²) >= 11 is 0. The molecule has 0 radical (unpaired) electrons. The highest BCUT2D eigenvalue weighted by Crippen LogP contribution is 2.49. The minimum Gasteiger partial charge on any atom is -0.310 e. The van der Waals surface area contributed by atoms with E-state index in [1.807, 2.05) is 0 Å². The SMILES string of the molecule is CC(C)c1ccc(N(c2ccc(C(C)(C)C)cc2)c2ccc3c(-c4ccc5ccccc5c4)c4cc(N(c5ccccc5)c5ccccc5)ccc4c(-c4ccc5c(ccc6ccccc65)c4)c3c2)cc1. The maximum atomic E-state index is 2.46. The van der Waals surface area contributed by atoms with E-state index in [1.165, 1.54) is 87.2 Å². The van der Waals surface area contributed by atoms with Crippen LogP contribution in [0.2, 0.25) is 0 Å². The highest BCUT2D eigenvalue weighted by molar-refractivity contribution is 6.23. The van der Waals surface area contributed by atoms with E-state index in [0.29, 0.717) is 5.92 Å². The van der Waals surface area contributed by atoms with Crippen LogP contribution in [0.5, 0.6) is 0 Å². The molecule has 0 amide bonds. The molecular weight excluding hydrogens is 857 g/mol. The van der Waals surface area contributed by atoms with Gasteiger partial charge in [-0.05, 0) is 184 Å². The smallest absolute Gasteiger partial charge is 0.0468 e. The number of fused-ring (bicyclic) bond motifs is 6. The number of benzene rings is 12. The second-order valence-electron chi connectivity index (χ2n) is 20.4. The first-order chi connectivity index (χ1) is 34.7. The first kappa shape index (κ1) is 43.8. The maximum Gasteiger partial charge on any atom is 0.0468 e. The van der Waals surface area contributed by atoms with Crippen molar-refractivity contribution >= 4 is 88.0 Å². The molecule has 0 N–H and O–H groups in total. The molecule has 0 saturated carbocycles. The molecule has 12 aromatic carbocycles. The van der Waals surface area contributed by atoms with Crippen molar-refractivity contribution in [3.8, 4) is 22.3 Å². The van der Waals surface area contributed by atoms with Crippen molar-refractivity contribution < 1.29 is 0 Å². The van der Waals surface area contributed by atoms with Gasteiger partial charge in [-0.25, -0.2) is 0 Å². The van der Waals surface area contributed by atoms with Gasteiger partial charge in [0.2, 0.25) is 0 Å². The van der Waals surface area contributed by atoms with Gasteiger partial charge in [-0.15, -0.1) is 0 Å². The molecule has 2 heteroatoms. The molecule has 0 aliphatic rings. The van der Waals surface area contributed by atoms with Crippen molar-refractivity contribution in [1.82, 2.24) is 0 Å². The first-order valence-electron chi connectivity index (χ1n) is 25.0. The highest BCUT2D eigenvalue weighted by atomic mass is 15.1. The van der Waals surface area contributed by atoms with E-state index in [4.69, 9.17) is 0 Å². The van der Waals surface area contributed by atoms with Crippen LogP contribution in [-0.2, 0) is 5.41 Å². The van der Waals surface area contributed by atoms with Gasteiger partial charge in [0.15, 0.2) is 0 Å². The zero-order valence-electron chi connectivity index (χ0n) is 41.1. The van der Waals surface area contributed by atoms with E-state index in [2.05, 4.69) is 287 Å². The van der Waals surface area contributed by atoms with Crippen molar-refractivity contribution in [2.75, 3.05) is 9.80 Å². The van der Waals surface area contributed by atoms with Gasteiger partial charge >= 0.3 is 0 Å². The molecule has 0 saturated heterocycles. The maximum absolute atomic E-state index is 2.46. The lowest BCUT2D eigenvalue weighted by atomic mass is 9.84. The van der Waals surface area contributed by atoms with Crippen LogP contribution in [0.15, 0.2) is 243 Å². The fourth-order valence-electron chi connectivity index (χ4n) is 10.8. The fraction of sp³-hybridized carbons (Fsp3) is 0.101. The van der Waals surface area contributed by atoms with Crippen molar-refractivity contribution in [1.29, 1.82) is 0 Å². The lowest BCUT2D eigenvalue weighted by molar-refractivity contribution is 0.590. The van der Waals surface area contributed by atoms with E-state index in [-0.39, 0.29) is 5.41 Å². The minimum absolute atomic E-state index is 0.0333. The molecule has 2 nitrogen and oxygen atoms in total. The summed E-state index contributed by atoms with van der Waals surface area (Å²) in [6.07, 6.45) is 0. The van der Waals surface area contributed by atoms with Gasteiger partial charge in [-0.3, -0.25) is 0 Å². The molecule has 0 unspecified atom stereocenters. The van der Waals surface area contributed by atoms with Gasteiger partial charge in [0.1, 0.15) is 0 Å². The van der Waals surface area contributed by atoms with Gasteiger partial charge in [-0.1, -0.05) is 192 Å². The Bertz CT molecular complexity index is 3880. The molecule has 0 aromatic heterocycles. The number of anilines is 6. The Kier molecular flexibility index (Phi) is 11.0. The first-order valence-corrected chi connectivity index (χ1v) is 25.0. The lowest BCUT2D eigenvalue weighted by Crippen LogP contribution is -2.13. The summed E-state index contributed by atoms with van der Waals surface area (Å²) in [6, 6.07) is 90.3.